The van der Waals surface area contributed by atoms with Crippen LogP contribution in [0.25, 0.3) is 0 Å². The molecule has 138 valence electrons. The molecule has 0 bridgehead atoms. The first-order valence-electron chi connectivity index (χ1n) is 7.58. The van der Waals surface area contributed by atoms with Crippen molar-refractivity contribution in [3.05, 3.63) is 0 Å². The summed E-state index contributed by atoms with van der Waals surface area (Å²) >= 11 is 0. The van der Waals surface area contributed by atoms with Crippen molar-refractivity contribution in [1.29, 1.82) is 0 Å². The third-order valence-electron chi connectivity index (χ3n) is 3.11. The van der Waals surface area contributed by atoms with Crippen LogP contribution in [0.3, 0.4) is 0 Å². The van der Waals surface area contributed by atoms with E-state index < -0.39 is 34.7 Å². The van der Waals surface area contributed by atoms with Crippen LogP contribution in [0, 0.1) is 10.8 Å². The predicted molar refractivity (Wildman–Crippen MR) is 83.2 cm³/mol. The van der Waals surface area contributed by atoms with Crippen LogP contribution in [0.4, 0.5) is 0 Å². The van der Waals surface area contributed by atoms with Crippen molar-refractivity contribution in [2.75, 3.05) is 13.2 Å². The van der Waals surface area contributed by atoms with Gasteiger partial charge in [-0.15, -0.1) is 0 Å². The minimum atomic E-state index is -0.995. The van der Waals surface area contributed by atoms with Gasteiger partial charge in [-0.1, -0.05) is 27.7 Å². The van der Waals surface area contributed by atoms with E-state index in [0.717, 1.165) is 0 Å². The fourth-order valence-corrected chi connectivity index (χ4v) is 2.14. The number of hydrogen-bond acceptors (Lipinski definition) is 6. The van der Waals surface area contributed by atoms with Crippen LogP contribution in [0.5, 0.6) is 0 Å². The normalized spacial score (nSPS) is 11.7. The van der Waals surface area contributed by atoms with Crippen molar-refractivity contribution >= 4 is 23.9 Å². The Labute approximate surface area is 141 Å². The van der Waals surface area contributed by atoms with Gasteiger partial charge in [0.15, 0.2) is 0 Å². The lowest BCUT2D eigenvalue weighted by Gasteiger charge is -2.21. The lowest BCUT2D eigenvalue weighted by Crippen LogP contribution is -2.25. The van der Waals surface area contributed by atoms with Gasteiger partial charge in [-0.2, -0.15) is 0 Å². The Morgan fingerprint density at radius 3 is 1.21 bits per heavy atom. The highest BCUT2D eigenvalue weighted by molar-refractivity contribution is 5.74. The molecule has 0 aliphatic heterocycles. The molecule has 0 amide bonds. The molecule has 0 aromatic heterocycles. The van der Waals surface area contributed by atoms with Crippen LogP contribution < -0.4 is 0 Å². The van der Waals surface area contributed by atoms with Gasteiger partial charge in [0.25, 0.3) is 0 Å². The number of carbonyl (C=O) groups excluding carboxylic acids is 2. The number of carbonyl (C=O) groups is 4. The second-order valence-electron chi connectivity index (χ2n) is 7.26. The lowest BCUT2D eigenvalue weighted by atomic mass is 9.86. The fraction of sp³-hybridized carbons (Fsp3) is 0.750. The van der Waals surface area contributed by atoms with Crippen LogP contribution in [0.2, 0.25) is 0 Å². The van der Waals surface area contributed by atoms with E-state index in [-0.39, 0.29) is 38.9 Å². The fourth-order valence-electron chi connectivity index (χ4n) is 2.14. The van der Waals surface area contributed by atoms with Crippen molar-refractivity contribution < 1.29 is 38.9 Å². The van der Waals surface area contributed by atoms with Gasteiger partial charge in [0.1, 0.15) is 13.2 Å². The summed E-state index contributed by atoms with van der Waals surface area (Å²) in [6.45, 7) is 6.32. The highest BCUT2D eigenvalue weighted by Gasteiger charge is 2.27. The van der Waals surface area contributed by atoms with Crippen molar-refractivity contribution in [3.63, 3.8) is 0 Å². The van der Waals surface area contributed by atoms with E-state index in [9.17, 15) is 19.2 Å². The van der Waals surface area contributed by atoms with E-state index in [1.165, 1.54) is 0 Å². The molecule has 0 spiro atoms. The molecular formula is C16H26O8. The molecule has 0 aliphatic rings. The van der Waals surface area contributed by atoms with Gasteiger partial charge in [-0.05, 0) is 10.8 Å². The minimum absolute atomic E-state index is 0.0567. The molecule has 0 saturated carbocycles. The molecule has 0 aromatic carbocycles. The van der Waals surface area contributed by atoms with Crippen molar-refractivity contribution in [1.82, 2.24) is 0 Å². The molecule has 8 nitrogen and oxygen atoms in total. The van der Waals surface area contributed by atoms with E-state index >= 15 is 0 Å². The summed E-state index contributed by atoms with van der Waals surface area (Å²) < 4.78 is 9.80. The van der Waals surface area contributed by atoms with Crippen molar-refractivity contribution in [3.8, 4) is 0 Å². The number of aliphatic carboxylic acids is 2. The zero-order valence-corrected chi connectivity index (χ0v) is 14.6. The Hall–Kier alpha value is -2.12. The van der Waals surface area contributed by atoms with E-state index in [4.69, 9.17) is 19.7 Å². The third-order valence-corrected chi connectivity index (χ3v) is 3.11. The molecule has 0 atom stereocenters. The Morgan fingerprint density at radius 1 is 0.667 bits per heavy atom. The summed E-state index contributed by atoms with van der Waals surface area (Å²) in [5.41, 5.74) is -1.44. The van der Waals surface area contributed by atoms with Crippen molar-refractivity contribution in [2.45, 2.75) is 53.4 Å². The molecule has 0 saturated heterocycles. The third kappa shape index (κ3) is 11.4. The second kappa shape index (κ2) is 9.24. The van der Waals surface area contributed by atoms with Gasteiger partial charge in [-0.3, -0.25) is 19.2 Å². The Kier molecular flexibility index (Phi) is 8.43. The summed E-state index contributed by atoms with van der Waals surface area (Å²) in [7, 11) is 0. The Balaban J connectivity index is 4.04. The quantitative estimate of drug-likeness (QED) is 0.428. The topological polar surface area (TPSA) is 127 Å². The van der Waals surface area contributed by atoms with Gasteiger partial charge >= 0.3 is 23.9 Å². The van der Waals surface area contributed by atoms with Gasteiger partial charge in [0.05, 0.1) is 25.7 Å². The van der Waals surface area contributed by atoms with E-state index in [1.807, 2.05) is 0 Å². The molecule has 0 heterocycles. The molecular weight excluding hydrogens is 320 g/mol. The molecule has 0 aromatic rings. The SMILES string of the molecule is CC(C)(CC(=O)O)CC(=O)OCCOC(=O)CC(C)(C)CC(=O)O. The van der Waals surface area contributed by atoms with E-state index in [1.54, 1.807) is 27.7 Å². The van der Waals surface area contributed by atoms with Gasteiger partial charge in [0.2, 0.25) is 0 Å². The average molecular weight is 346 g/mol. The van der Waals surface area contributed by atoms with Crippen molar-refractivity contribution in [2.24, 2.45) is 10.8 Å². The number of rotatable bonds is 11. The molecule has 0 rings (SSSR count). The first-order chi connectivity index (χ1) is 10.8. The standard InChI is InChI=1S/C16H26O8/c1-15(2,7-11(17)18)9-13(21)23-5-6-24-14(22)10-16(3,4)8-12(19)20/h5-10H2,1-4H3,(H,17,18)(H,19,20). The minimum Gasteiger partial charge on any atom is -0.481 e. The molecule has 0 unspecified atom stereocenters. The van der Waals surface area contributed by atoms with Crippen LogP contribution in [0.1, 0.15) is 53.4 Å². The highest BCUT2D eigenvalue weighted by atomic mass is 16.6. The maximum Gasteiger partial charge on any atom is 0.306 e. The summed E-state index contributed by atoms with van der Waals surface area (Å²) in [5, 5.41) is 17.5. The van der Waals surface area contributed by atoms with Crippen LogP contribution >= 0.6 is 0 Å². The lowest BCUT2D eigenvalue weighted by molar-refractivity contribution is -0.156. The van der Waals surface area contributed by atoms with Crippen LogP contribution in [-0.4, -0.2) is 47.3 Å². The summed E-state index contributed by atoms with van der Waals surface area (Å²) in [4.78, 5) is 44.6. The Morgan fingerprint density at radius 2 is 0.958 bits per heavy atom. The van der Waals surface area contributed by atoms with E-state index in [0.29, 0.717) is 0 Å². The maximum atomic E-state index is 11.6. The zero-order valence-electron chi connectivity index (χ0n) is 14.6. The number of esters is 2. The number of carboxylic acids is 2. The number of hydrogen-bond donors (Lipinski definition) is 2. The smallest absolute Gasteiger partial charge is 0.306 e. The van der Waals surface area contributed by atoms with Crippen LogP contribution in [-0.2, 0) is 28.7 Å². The first kappa shape index (κ1) is 21.9. The molecule has 0 aliphatic carbocycles. The zero-order chi connectivity index (χ0) is 19.0. The molecule has 8 heteroatoms. The van der Waals surface area contributed by atoms with Gasteiger partial charge in [-0.25, -0.2) is 0 Å². The monoisotopic (exact) mass is 346 g/mol. The maximum absolute atomic E-state index is 11.6. The first-order valence-corrected chi connectivity index (χ1v) is 7.58. The molecule has 0 fully saturated rings. The van der Waals surface area contributed by atoms with E-state index in [2.05, 4.69) is 0 Å². The summed E-state index contributed by atoms with van der Waals surface area (Å²) in [6, 6.07) is 0. The van der Waals surface area contributed by atoms with Gasteiger partial charge in [0, 0.05) is 0 Å². The Bertz CT molecular complexity index is 434. The summed E-state index contributed by atoms with van der Waals surface area (Å²) in [6.07, 6.45) is -0.427. The largest absolute Gasteiger partial charge is 0.481 e. The molecule has 2 N–H and O–H groups in total. The molecule has 0 radical (unpaired) electrons. The van der Waals surface area contributed by atoms with Crippen LogP contribution in [0.15, 0.2) is 0 Å². The number of carboxylic acid groups (broad SMARTS) is 2. The second-order valence-corrected chi connectivity index (χ2v) is 7.26. The highest BCUT2D eigenvalue weighted by Crippen LogP contribution is 2.26. The van der Waals surface area contributed by atoms with Gasteiger partial charge < -0.3 is 19.7 Å². The summed E-state index contributed by atoms with van der Waals surface area (Å²) in [5.74, 6) is -3.12. The molecule has 24 heavy (non-hydrogen) atoms. The average Bonchev–Trinajstić information content (AvgIpc) is 2.29. The number of ether oxygens (including phenoxy) is 2. The predicted octanol–water partition coefficient (Wildman–Crippen LogP) is 1.85.